The van der Waals surface area contributed by atoms with Gasteiger partial charge in [-0.2, -0.15) is 0 Å². The van der Waals surface area contributed by atoms with Gasteiger partial charge in [-0.3, -0.25) is 0 Å². The molecule has 0 bridgehead atoms. The van der Waals surface area contributed by atoms with Gasteiger partial charge in [0.2, 0.25) is 0 Å². The third kappa shape index (κ3) is 1.96. The second-order valence-electron chi connectivity index (χ2n) is 3.16. The van der Waals surface area contributed by atoms with Crippen molar-refractivity contribution in [3.63, 3.8) is 0 Å². The molecule has 0 aromatic carbocycles. The van der Waals surface area contributed by atoms with Crippen LogP contribution in [-0.4, -0.2) is 19.1 Å². The van der Waals surface area contributed by atoms with Gasteiger partial charge >= 0.3 is 0 Å². The minimum atomic E-state index is 0.446. The minimum absolute atomic E-state index is 0.446. The standard InChI is InChI=1S/C8H18N2/c1-2-8(9)7-3-5-10-6-4-7/h7-8,10H,2-6,9H2,1H3. The summed E-state index contributed by atoms with van der Waals surface area (Å²) in [4.78, 5) is 0. The number of rotatable bonds is 2. The molecule has 0 saturated carbocycles. The van der Waals surface area contributed by atoms with Crippen molar-refractivity contribution < 1.29 is 0 Å². The molecule has 10 heavy (non-hydrogen) atoms. The molecule has 3 N–H and O–H groups in total. The van der Waals surface area contributed by atoms with Crippen molar-refractivity contribution in [1.82, 2.24) is 5.32 Å². The molecule has 2 nitrogen and oxygen atoms in total. The van der Waals surface area contributed by atoms with Crippen LogP contribution in [0.4, 0.5) is 0 Å². The van der Waals surface area contributed by atoms with Crippen LogP contribution in [0.5, 0.6) is 0 Å². The smallest absolute Gasteiger partial charge is 0.00654 e. The van der Waals surface area contributed by atoms with Crippen LogP contribution in [0.2, 0.25) is 0 Å². The Morgan fingerprint density at radius 1 is 1.50 bits per heavy atom. The van der Waals surface area contributed by atoms with Crippen LogP contribution >= 0.6 is 0 Å². The van der Waals surface area contributed by atoms with E-state index in [1.807, 2.05) is 0 Å². The number of hydrogen-bond donors (Lipinski definition) is 2. The summed E-state index contributed by atoms with van der Waals surface area (Å²) in [6, 6.07) is 0.446. The quantitative estimate of drug-likeness (QED) is 0.596. The van der Waals surface area contributed by atoms with Crippen LogP contribution in [-0.2, 0) is 0 Å². The fraction of sp³-hybridized carbons (Fsp3) is 1.00. The Bertz CT molecular complexity index is 87.3. The molecular weight excluding hydrogens is 124 g/mol. The molecule has 0 amide bonds. The maximum absolute atomic E-state index is 5.92. The van der Waals surface area contributed by atoms with Gasteiger partial charge in [0.25, 0.3) is 0 Å². The lowest BCUT2D eigenvalue weighted by atomic mass is 9.89. The van der Waals surface area contributed by atoms with Crippen molar-refractivity contribution in [2.24, 2.45) is 11.7 Å². The molecule has 2 heteroatoms. The molecule has 1 fully saturated rings. The lowest BCUT2D eigenvalue weighted by Crippen LogP contribution is -2.38. The molecule has 1 saturated heterocycles. The molecule has 1 aliphatic rings. The molecule has 0 aliphatic carbocycles. The molecule has 1 unspecified atom stereocenters. The van der Waals surface area contributed by atoms with Crippen LogP contribution in [0.3, 0.4) is 0 Å². The SMILES string of the molecule is CCC(N)C1CCNCC1. The van der Waals surface area contributed by atoms with Crippen molar-refractivity contribution in [1.29, 1.82) is 0 Å². The first kappa shape index (κ1) is 8.02. The number of hydrogen-bond acceptors (Lipinski definition) is 2. The molecule has 0 radical (unpaired) electrons. The summed E-state index contributed by atoms with van der Waals surface area (Å²) in [5.41, 5.74) is 5.92. The summed E-state index contributed by atoms with van der Waals surface area (Å²) in [5.74, 6) is 0.784. The third-order valence-corrected chi connectivity index (χ3v) is 2.46. The molecule has 1 rings (SSSR count). The van der Waals surface area contributed by atoms with E-state index >= 15 is 0 Å². The average molecular weight is 142 g/mol. The normalized spacial score (nSPS) is 24.6. The van der Waals surface area contributed by atoms with Crippen LogP contribution in [0.15, 0.2) is 0 Å². The van der Waals surface area contributed by atoms with E-state index in [0.29, 0.717) is 6.04 Å². The molecule has 60 valence electrons. The van der Waals surface area contributed by atoms with Gasteiger partial charge < -0.3 is 11.1 Å². The summed E-state index contributed by atoms with van der Waals surface area (Å²) in [5, 5.41) is 3.34. The maximum Gasteiger partial charge on any atom is 0.00654 e. The van der Waals surface area contributed by atoms with Crippen molar-refractivity contribution in [3.8, 4) is 0 Å². The highest BCUT2D eigenvalue weighted by Gasteiger charge is 2.17. The van der Waals surface area contributed by atoms with Crippen LogP contribution in [0.1, 0.15) is 26.2 Å². The molecule has 0 aromatic heterocycles. The zero-order valence-electron chi connectivity index (χ0n) is 6.77. The van der Waals surface area contributed by atoms with Gasteiger partial charge in [0.05, 0.1) is 0 Å². The van der Waals surface area contributed by atoms with Crippen LogP contribution < -0.4 is 11.1 Å². The van der Waals surface area contributed by atoms with E-state index in [4.69, 9.17) is 5.73 Å². The first-order valence-corrected chi connectivity index (χ1v) is 4.31. The van der Waals surface area contributed by atoms with Gasteiger partial charge in [0, 0.05) is 6.04 Å². The maximum atomic E-state index is 5.92. The first-order chi connectivity index (χ1) is 4.84. The largest absolute Gasteiger partial charge is 0.327 e. The molecule has 0 aromatic rings. The highest BCUT2D eigenvalue weighted by atomic mass is 14.9. The predicted octanol–water partition coefficient (Wildman–Crippen LogP) is 0.723. The van der Waals surface area contributed by atoms with Crippen molar-refractivity contribution in [2.75, 3.05) is 13.1 Å². The lowest BCUT2D eigenvalue weighted by molar-refractivity contribution is 0.313. The molecular formula is C8H18N2. The monoisotopic (exact) mass is 142 g/mol. The Morgan fingerprint density at radius 2 is 2.10 bits per heavy atom. The Hall–Kier alpha value is -0.0800. The highest BCUT2D eigenvalue weighted by molar-refractivity contribution is 4.76. The molecule has 0 spiro atoms. The molecule has 1 aliphatic heterocycles. The van der Waals surface area contributed by atoms with Gasteiger partial charge in [0.15, 0.2) is 0 Å². The second-order valence-corrected chi connectivity index (χ2v) is 3.16. The van der Waals surface area contributed by atoms with Gasteiger partial charge in [-0.15, -0.1) is 0 Å². The first-order valence-electron chi connectivity index (χ1n) is 4.31. The Balaban J connectivity index is 2.24. The van der Waals surface area contributed by atoms with E-state index in [-0.39, 0.29) is 0 Å². The van der Waals surface area contributed by atoms with E-state index in [0.717, 1.165) is 12.3 Å². The summed E-state index contributed by atoms with van der Waals surface area (Å²) in [7, 11) is 0. The number of nitrogens with one attached hydrogen (secondary N) is 1. The Kier molecular flexibility index (Phi) is 3.16. The van der Waals surface area contributed by atoms with Crippen LogP contribution in [0.25, 0.3) is 0 Å². The van der Waals surface area contributed by atoms with E-state index in [1.54, 1.807) is 0 Å². The zero-order valence-corrected chi connectivity index (χ0v) is 6.77. The lowest BCUT2D eigenvalue weighted by Gasteiger charge is -2.27. The fourth-order valence-electron chi connectivity index (χ4n) is 1.61. The topological polar surface area (TPSA) is 38.0 Å². The van der Waals surface area contributed by atoms with Gasteiger partial charge in [-0.1, -0.05) is 6.92 Å². The Morgan fingerprint density at radius 3 is 2.60 bits per heavy atom. The summed E-state index contributed by atoms with van der Waals surface area (Å²) >= 11 is 0. The van der Waals surface area contributed by atoms with E-state index in [2.05, 4.69) is 12.2 Å². The van der Waals surface area contributed by atoms with Crippen molar-refractivity contribution in [2.45, 2.75) is 32.2 Å². The van der Waals surface area contributed by atoms with Crippen molar-refractivity contribution in [3.05, 3.63) is 0 Å². The van der Waals surface area contributed by atoms with E-state index in [1.165, 1.54) is 25.9 Å². The number of nitrogens with two attached hydrogens (primary N) is 1. The van der Waals surface area contributed by atoms with Gasteiger partial charge in [-0.05, 0) is 38.3 Å². The average Bonchev–Trinajstić information content (AvgIpc) is 2.05. The van der Waals surface area contributed by atoms with Gasteiger partial charge in [0.1, 0.15) is 0 Å². The fourth-order valence-corrected chi connectivity index (χ4v) is 1.61. The van der Waals surface area contributed by atoms with Crippen molar-refractivity contribution >= 4 is 0 Å². The Labute approximate surface area is 63.2 Å². The molecule has 1 atom stereocenters. The molecule has 1 heterocycles. The summed E-state index contributed by atoms with van der Waals surface area (Å²) < 4.78 is 0. The highest BCUT2D eigenvalue weighted by Crippen LogP contribution is 2.16. The predicted molar refractivity (Wildman–Crippen MR) is 43.9 cm³/mol. The number of piperidine rings is 1. The minimum Gasteiger partial charge on any atom is -0.327 e. The van der Waals surface area contributed by atoms with E-state index < -0.39 is 0 Å². The summed E-state index contributed by atoms with van der Waals surface area (Å²) in [6.45, 7) is 4.50. The summed E-state index contributed by atoms with van der Waals surface area (Å²) in [6.07, 6.45) is 3.68. The zero-order chi connectivity index (χ0) is 7.40. The van der Waals surface area contributed by atoms with Gasteiger partial charge in [-0.25, -0.2) is 0 Å². The van der Waals surface area contributed by atoms with E-state index in [9.17, 15) is 0 Å². The third-order valence-electron chi connectivity index (χ3n) is 2.46. The van der Waals surface area contributed by atoms with Crippen LogP contribution in [0, 0.1) is 5.92 Å². The second kappa shape index (κ2) is 3.94.